The van der Waals surface area contributed by atoms with Crippen LogP contribution in [-0.2, 0) is 0 Å². The Hall–Kier alpha value is -1.48. The molecule has 1 aromatic rings. The summed E-state index contributed by atoms with van der Waals surface area (Å²) in [6, 6.07) is 7.45. The van der Waals surface area contributed by atoms with Crippen LogP contribution in [0.2, 0.25) is 0 Å². The third-order valence-corrected chi connectivity index (χ3v) is 1.83. The van der Waals surface area contributed by atoms with Gasteiger partial charge < -0.3 is 5.11 Å². The van der Waals surface area contributed by atoms with Crippen LogP contribution in [0.5, 0.6) is 0 Å². The van der Waals surface area contributed by atoms with E-state index in [1.54, 1.807) is 6.07 Å². The zero-order valence-electron chi connectivity index (χ0n) is 10.3. The van der Waals surface area contributed by atoms with Crippen LogP contribution in [0.25, 0.3) is 6.08 Å². The maximum absolute atomic E-state index is 10.6. The molecule has 0 aromatic heterocycles. The first-order chi connectivity index (χ1) is 7.53. The van der Waals surface area contributed by atoms with Gasteiger partial charge in [0.15, 0.2) is 0 Å². The smallest absolute Gasteiger partial charge is 0.260 e. The molecule has 16 heavy (non-hydrogen) atoms. The summed E-state index contributed by atoms with van der Waals surface area (Å²) in [7, 11) is 1.00. The van der Waals surface area contributed by atoms with Gasteiger partial charge in [-0.2, -0.15) is 0 Å². The molecule has 1 aromatic carbocycles. The van der Waals surface area contributed by atoms with E-state index in [1.165, 1.54) is 0 Å². The summed E-state index contributed by atoms with van der Waals surface area (Å²) in [5, 5.41) is 8.93. The number of allylic oxidation sites excluding steroid dienone is 1. The lowest BCUT2D eigenvalue weighted by Gasteiger charge is -2.10. The van der Waals surface area contributed by atoms with Crippen molar-refractivity contribution < 1.29 is 10.3 Å². The number of hydrogen-bond acceptors (Lipinski definition) is 2. The maximum Gasteiger partial charge on any atom is 0.260 e. The highest BCUT2D eigenvalue weighted by molar-refractivity contribution is 5.60. The van der Waals surface area contributed by atoms with Crippen molar-refractivity contribution >= 4 is 11.8 Å². The summed E-state index contributed by atoms with van der Waals surface area (Å²) < 4.78 is 0. The zero-order valence-corrected chi connectivity index (χ0v) is 10.3. The monoisotopic (exact) mass is 222 g/mol. The lowest BCUT2D eigenvalue weighted by atomic mass is 9.95. The van der Waals surface area contributed by atoms with Gasteiger partial charge in [0.2, 0.25) is 0 Å². The van der Waals surface area contributed by atoms with E-state index in [2.05, 4.69) is 26.8 Å². The first-order valence-corrected chi connectivity index (χ1v) is 5.14. The standard InChI is InChI=1S/C12H15NO.CH4O/c1-12(2,3)9-8-10-6-4-5-7-11(10)13-14;1-2/h4-9H,1-3H3;2H,1H3/p+1/b9-8+;. The van der Waals surface area contributed by atoms with Crippen LogP contribution in [0, 0.1) is 10.3 Å². The molecule has 0 heterocycles. The van der Waals surface area contributed by atoms with Gasteiger partial charge in [-0.15, -0.1) is 0 Å². The molecular weight excluding hydrogens is 202 g/mol. The van der Waals surface area contributed by atoms with Gasteiger partial charge in [-0.1, -0.05) is 45.1 Å². The molecule has 0 aliphatic heterocycles. The van der Waals surface area contributed by atoms with E-state index in [1.807, 2.05) is 29.5 Å². The van der Waals surface area contributed by atoms with Crippen LogP contribution in [0.3, 0.4) is 0 Å². The fourth-order valence-electron chi connectivity index (χ4n) is 1.08. The molecule has 88 valence electrons. The molecule has 3 nitrogen and oxygen atoms in total. The van der Waals surface area contributed by atoms with Crippen molar-refractivity contribution in [2.24, 2.45) is 5.41 Å². The minimum absolute atomic E-state index is 0.135. The molecule has 0 unspecified atom stereocenters. The summed E-state index contributed by atoms with van der Waals surface area (Å²) in [5.41, 5.74) is 1.68. The molecule has 0 atom stereocenters. The zero-order chi connectivity index (χ0) is 12.6. The lowest BCUT2D eigenvalue weighted by Crippen LogP contribution is -2.56. The van der Waals surface area contributed by atoms with Gasteiger partial charge in [-0.05, 0) is 11.5 Å². The van der Waals surface area contributed by atoms with Crippen molar-refractivity contribution in [3.05, 3.63) is 40.8 Å². The molecule has 3 heteroatoms. The largest absolute Gasteiger partial charge is 0.400 e. The molecule has 0 amide bonds. The molecule has 0 bridgehead atoms. The molecule has 0 fully saturated rings. The summed E-state index contributed by atoms with van der Waals surface area (Å²) in [4.78, 5) is 10.6. The van der Waals surface area contributed by atoms with Gasteiger partial charge in [-0.25, -0.2) is 0 Å². The van der Waals surface area contributed by atoms with E-state index in [9.17, 15) is 4.91 Å². The Morgan fingerprint density at radius 3 is 2.25 bits per heavy atom. The number of hydrogen-bond donors (Lipinski definition) is 2. The second kappa shape index (κ2) is 6.90. The molecule has 0 saturated heterocycles. The predicted molar refractivity (Wildman–Crippen MR) is 67.1 cm³/mol. The Kier molecular flexibility index (Phi) is 6.27. The SMILES string of the molecule is CC(C)(C)/C=C/c1ccccc1[NH+]=O.CO. The number of rotatable bonds is 2. The van der Waals surface area contributed by atoms with Crippen molar-refractivity contribution in [3.8, 4) is 0 Å². The van der Waals surface area contributed by atoms with Gasteiger partial charge in [-0.3, -0.25) is 0 Å². The van der Waals surface area contributed by atoms with Crippen LogP contribution in [0.4, 0.5) is 5.69 Å². The van der Waals surface area contributed by atoms with Gasteiger partial charge in [0.25, 0.3) is 5.69 Å². The van der Waals surface area contributed by atoms with E-state index in [4.69, 9.17) is 5.11 Å². The normalized spacial score (nSPS) is 10.8. The highest BCUT2D eigenvalue weighted by Gasteiger charge is 2.07. The summed E-state index contributed by atoms with van der Waals surface area (Å²) in [6.45, 7) is 6.37. The number of benzene rings is 1. The average Bonchev–Trinajstić information content (AvgIpc) is 2.28. The van der Waals surface area contributed by atoms with Crippen molar-refractivity contribution in [1.29, 1.82) is 0 Å². The van der Waals surface area contributed by atoms with Gasteiger partial charge in [0.05, 0.1) is 5.56 Å². The van der Waals surface area contributed by atoms with E-state index in [0.717, 1.165) is 12.7 Å². The van der Waals surface area contributed by atoms with E-state index >= 15 is 0 Å². The van der Waals surface area contributed by atoms with Crippen molar-refractivity contribution in [3.63, 3.8) is 0 Å². The van der Waals surface area contributed by atoms with E-state index in [0.29, 0.717) is 5.69 Å². The quantitative estimate of drug-likeness (QED) is 0.802. The van der Waals surface area contributed by atoms with Gasteiger partial charge in [0.1, 0.15) is 0 Å². The molecule has 0 aliphatic rings. The minimum Gasteiger partial charge on any atom is -0.400 e. The maximum atomic E-state index is 10.6. The van der Waals surface area contributed by atoms with Crippen molar-refractivity contribution in [1.82, 2.24) is 0 Å². The molecule has 0 saturated carbocycles. The number of para-hydroxylation sites is 1. The fraction of sp³-hybridized carbons (Fsp3) is 0.385. The molecule has 0 spiro atoms. The highest BCUT2D eigenvalue weighted by atomic mass is 16.3. The third kappa shape index (κ3) is 5.41. The fourth-order valence-corrected chi connectivity index (χ4v) is 1.08. The average molecular weight is 222 g/mol. The second-order valence-corrected chi connectivity index (χ2v) is 4.39. The Morgan fingerprint density at radius 1 is 1.19 bits per heavy atom. The first-order valence-electron chi connectivity index (χ1n) is 5.14. The topological polar surface area (TPSA) is 51.3 Å². The number of nitroso groups, excluding NO2 is 1. The van der Waals surface area contributed by atoms with E-state index < -0.39 is 0 Å². The first kappa shape index (κ1) is 14.5. The summed E-state index contributed by atoms with van der Waals surface area (Å²) in [6.07, 6.45) is 4.06. The number of aliphatic hydroxyl groups is 1. The number of nitrogens with one attached hydrogen (secondary N) is 1. The summed E-state index contributed by atoms with van der Waals surface area (Å²) >= 11 is 0. The van der Waals surface area contributed by atoms with Crippen LogP contribution in [-0.4, -0.2) is 12.2 Å². The van der Waals surface area contributed by atoms with Crippen LogP contribution in [0.1, 0.15) is 26.3 Å². The predicted octanol–water partition coefficient (Wildman–Crippen LogP) is 1.83. The third-order valence-electron chi connectivity index (χ3n) is 1.83. The Bertz CT molecular complexity index is 351. The van der Waals surface area contributed by atoms with Crippen LogP contribution >= 0.6 is 0 Å². The second-order valence-electron chi connectivity index (χ2n) is 4.39. The Morgan fingerprint density at radius 2 is 1.75 bits per heavy atom. The molecule has 0 radical (unpaired) electrons. The molecular formula is C13H20NO2+. The van der Waals surface area contributed by atoms with Gasteiger partial charge in [0, 0.05) is 23.3 Å². The van der Waals surface area contributed by atoms with Crippen molar-refractivity contribution in [2.75, 3.05) is 7.11 Å². The lowest BCUT2D eigenvalue weighted by molar-refractivity contribution is -0.379. The highest BCUT2D eigenvalue weighted by Crippen LogP contribution is 2.19. The number of aliphatic hydroxyl groups excluding tert-OH is 1. The minimum atomic E-state index is 0.135. The van der Waals surface area contributed by atoms with Gasteiger partial charge >= 0.3 is 0 Å². The van der Waals surface area contributed by atoms with Crippen LogP contribution < -0.4 is 5.18 Å². The Labute approximate surface area is 96.8 Å². The molecule has 2 N–H and O–H groups in total. The molecule has 0 aliphatic carbocycles. The van der Waals surface area contributed by atoms with Crippen molar-refractivity contribution in [2.45, 2.75) is 20.8 Å². The van der Waals surface area contributed by atoms with Crippen LogP contribution in [0.15, 0.2) is 30.3 Å². The van der Waals surface area contributed by atoms with E-state index in [-0.39, 0.29) is 5.41 Å². The Balaban J connectivity index is 0.00000106. The summed E-state index contributed by atoms with van der Waals surface area (Å²) in [5.74, 6) is 0. The molecule has 1 rings (SSSR count).